The van der Waals surface area contributed by atoms with E-state index in [2.05, 4.69) is 0 Å². The number of thiocarbonyl (C=S) groups is 1. The van der Waals surface area contributed by atoms with E-state index in [0.29, 0.717) is 17.3 Å². The molecule has 0 saturated carbocycles. The number of hydrogen-bond acceptors (Lipinski definition) is 2. The molecule has 0 aliphatic heterocycles. The number of rotatable bonds is 4. The third-order valence-corrected chi connectivity index (χ3v) is 3.00. The van der Waals surface area contributed by atoms with Gasteiger partial charge in [0.25, 0.3) is 0 Å². The Labute approximate surface area is 105 Å². The third-order valence-electron chi connectivity index (χ3n) is 2.15. The monoisotopic (exact) mass is 261 g/mol. The van der Waals surface area contributed by atoms with Crippen LogP contribution in [0, 0.1) is 11.2 Å². The van der Waals surface area contributed by atoms with Gasteiger partial charge < -0.3 is 10.5 Å². The molecule has 0 atom stereocenters. The Balaban J connectivity index is 2.72. The van der Waals surface area contributed by atoms with Gasteiger partial charge in [-0.2, -0.15) is 0 Å². The van der Waals surface area contributed by atoms with Crippen LogP contribution in [0.5, 0.6) is 5.75 Å². The fourth-order valence-electron chi connectivity index (χ4n) is 0.922. The zero-order valence-corrected chi connectivity index (χ0v) is 10.7. The molecule has 1 aromatic carbocycles. The summed E-state index contributed by atoms with van der Waals surface area (Å²) in [7, 11) is 0. The van der Waals surface area contributed by atoms with Crippen molar-refractivity contribution in [3.05, 3.63) is 29.0 Å². The maximum Gasteiger partial charge on any atom is 0.138 e. The summed E-state index contributed by atoms with van der Waals surface area (Å²) < 4.78 is 18.2. The minimum atomic E-state index is -0.424. The highest BCUT2D eigenvalue weighted by atomic mass is 35.5. The molecule has 0 radical (unpaired) electrons. The second-order valence-corrected chi connectivity index (χ2v) is 4.96. The summed E-state index contributed by atoms with van der Waals surface area (Å²) in [6, 6.07) is 3.97. The van der Waals surface area contributed by atoms with Crippen LogP contribution in [0.25, 0.3) is 0 Å². The van der Waals surface area contributed by atoms with Gasteiger partial charge in [0.2, 0.25) is 0 Å². The van der Waals surface area contributed by atoms with Gasteiger partial charge in [-0.3, -0.25) is 0 Å². The highest BCUT2D eigenvalue weighted by molar-refractivity contribution is 7.80. The molecule has 0 amide bonds. The van der Waals surface area contributed by atoms with Crippen LogP contribution in [-0.2, 0) is 0 Å². The van der Waals surface area contributed by atoms with Gasteiger partial charge in [0.15, 0.2) is 0 Å². The predicted molar refractivity (Wildman–Crippen MR) is 67.5 cm³/mol. The maximum atomic E-state index is 12.8. The number of ether oxygens (including phenoxy) is 1. The molecule has 88 valence electrons. The fraction of sp³-hybridized carbons (Fsp3) is 0.364. The van der Waals surface area contributed by atoms with Crippen molar-refractivity contribution in [2.75, 3.05) is 6.61 Å². The van der Waals surface area contributed by atoms with E-state index in [1.54, 1.807) is 0 Å². The Bertz CT molecular complexity index is 409. The molecule has 1 rings (SSSR count). The minimum absolute atomic E-state index is 0.235. The molecular formula is C11H13ClFNOS. The third kappa shape index (κ3) is 3.32. The molecule has 0 aliphatic rings. The van der Waals surface area contributed by atoms with E-state index in [1.165, 1.54) is 18.2 Å². The van der Waals surface area contributed by atoms with Crippen molar-refractivity contribution in [2.45, 2.75) is 13.8 Å². The number of nitrogens with two attached hydrogens (primary N) is 1. The van der Waals surface area contributed by atoms with Crippen molar-refractivity contribution < 1.29 is 9.13 Å². The Morgan fingerprint density at radius 2 is 2.19 bits per heavy atom. The lowest BCUT2D eigenvalue weighted by molar-refractivity contribution is 0.236. The van der Waals surface area contributed by atoms with Crippen molar-refractivity contribution in [3.8, 4) is 5.75 Å². The van der Waals surface area contributed by atoms with Crippen molar-refractivity contribution in [2.24, 2.45) is 11.1 Å². The lowest BCUT2D eigenvalue weighted by Gasteiger charge is -2.23. The van der Waals surface area contributed by atoms with Gasteiger partial charge in [-0.05, 0) is 18.2 Å². The van der Waals surface area contributed by atoms with Crippen LogP contribution in [0.4, 0.5) is 4.39 Å². The highest BCUT2D eigenvalue weighted by Crippen LogP contribution is 2.27. The topological polar surface area (TPSA) is 35.2 Å². The van der Waals surface area contributed by atoms with Gasteiger partial charge in [-0.25, -0.2) is 4.39 Å². The maximum absolute atomic E-state index is 12.8. The van der Waals surface area contributed by atoms with Crippen molar-refractivity contribution in [1.29, 1.82) is 0 Å². The van der Waals surface area contributed by atoms with Crippen LogP contribution in [0.2, 0.25) is 5.02 Å². The van der Waals surface area contributed by atoms with E-state index in [0.717, 1.165) is 0 Å². The Hall–Kier alpha value is -0.870. The molecule has 0 heterocycles. The van der Waals surface area contributed by atoms with E-state index in [9.17, 15) is 4.39 Å². The van der Waals surface area contributed by atoms with Crippen LogP contribution >= 0.6 is 23.8 Å². The highest BCUT2D eigenvalue weighted by Gasteiger charge is 2.22. The van der Waals surface area contributed by atoms with E-state index in [-0.39, 0.29) is 5.02 Å². The van der Waals surface area contributed by atoms with E-state index >= 15 is 0 Å². The van der Waals surface area contributed by atoms with Crippen molar-refractivity contribution in [1.82, 2.24) is 0 Å². The van der Waals surface area contributed by atoms with Gasteiger partial charge in [0.05, 0.1) is 16.6 Å². The molecule has 2 nitrogen and oxygen atoms in total. The summed E-state index contributed by atoms with van der Waals surface area (Å²) in [5, 5.41) is 0.235. The second kappa shape index (κ2) is 4.97. The number of hydrogen-bond donors (Lipinski definition) is 1. The van der Waals surface area contributed by atoms with Crippen molar-refractivity contribution in [3.63, 3.8) is 0 Å². The Kier molecular flexibility index (Phi) is 4.10. The van der Waals surface area contributed by atoms with Gasteiger partial charge in [-0.15, -0.1) is 0 Å². The van der Waals surface area contributed by atoms with Gasteiger partial charge in [0.1, 0.15) is 11.6 Å². The molecule has 5 heteroatoms. The number of benzene rings is 1. The SMILES string of the molecule is CC(C)(COc1ccc(F)cc1Cl)C(N)=S. The second-order valence-electron chi connectivity index (χ2n) is 4.11. The van der Waals surface area contributed by atoms with Crippen LogP contribution in [0.3, 0.4) is 0 Å². The summed E-state index contributed by atoms with van der Waals surface area (Å²) >= 11 is 10.7. The van der Waals surface area contributed by atoms with Crippen molar-refractivity contribution >= 4 is 28.8 Å². The van der Waals surface area contributed by atoms with Gasteiger partial charge in [0, 0.05) is 5.41 Å². The molecule has 2 N–H and O–H groups in total. The van der Waals surface area contributed by atoms with Gasteiger partial charge in [-0.1, -0.05) is 37.7 Å². The van der Waals surface area contributed by atoms with Crippen LogP contribution in [-0.4, -0.2) is 11.6 Å². The Morgan fingerprint density at radius 3 is 2.69 bits per heavy atom. The lowest BCUT2D eigenvalue weighted by Crippen LogP contribution is -2.35. The molecule has 1 aromatic rings. The molecule has 0 saturated heterocycles. The summed E-state index contributed by atoms with van der Waals surface area (Å²) in [5.41, 5.74) is 5.13. The normalized spacial score (nSPS) is 11.2. The zero-order valence-electron chi connectivity index (χ0n) is 9.09. The first-order valence-corrected chi connectivity index (χ1v) is 5.49. The molecule has 0 bridgehead atoms. The molecule has 0 aliphatic carbocycles. The molecule has 0 aromatic heterocycles. The Morgan fingerprint density at radius 1 is 1.56 bits per heavy atom. The fourth-order valence-corrected chi connectivity index (χ4v) is 1.20. The molecule has 0 spiro atoms. The molecule has 0 fully saturated rings. The van der Waals surface area contributed by atoms with E-state index < -0.39 is 11.2 Å². The predicted octanol–water partition coefficient (Wildman–Crippen LogP) is 3.17. The average molecular weight is 262 g/mol. The molecule has 16 heavy (non-hydrogen) atoms. The molecular weight excluding hydrogens is 249 g/mol. The molecule has 0 unspecified atom stereocenters. The summed E-state index contributed by atoms with van der Waals surface area (Å²) in [6.07, 6.45) is 0. The largest absolute Gasteiger partial charge is 0.491 e. The summed E-state index contributed by atoms with van der Waals surface area (Å²) in [6.45, 7) is 4.03. The van der Waals surface area contributed by atoms with Gasteiger partial charge >= 0.3 is 0 Å². The van der Waals surface area contributed by atoms with E-state index in [1.807, 2.05) is 13.8 Å². The summed E-state index contributed by atoms with van der Waals surface area (Å²) in [5.74, 6) is 0.0262. The van der Waals surface area contributed by atoms with E-state index in [4.69, 9.17) is 34.3 Å². The summed E-state index contributed by atoms with van der Waals surface area (Å²) in [4.78, 5) is 0.366. The number of halogens is 2. The van der Waals surface area contributed by atoms with Crippen LogP contribution < -0.4 is 10.5 Å². The lowest BCUT2D eigenvalue weighted by atomic mass is 9.95. The zero-order chi connectivity index (χ0) is 12.3. The standard InChI is InChI=1S/C11H13ClFNOS/c1-11(2,10(14)16)6-15-9-4-3-7(13)5-8(9)12/h3-5H,6H2,1-2H3,(H2,14,16). The average Bonchev–Trinajstić information content (AvgIpc) is 2.16. The minimum Gasteiger partial charge on any atom is -0.491 e. The quantitative estimate of drug-likeness (QED) is 0.846. The van der Waals surface area contributed by atoms with Crippen LogP contribution in [0.1, 0.15) is 13.8 Å². The first kappa shape index (κ1) is 13.2. The first-order chi connectivity index (χ1) is 7.33. The first-order valence-electron chi connectivity index (χ1n) is 4.71. The smallest absolute Gasteiger partial charge is 0.138 e. The van der Waals surface area contributed by atoms with Crippen LogP contribution in [0.15, 0.2) is 18.2 Å².